The minimum Gasteiger partial charge on any atom is -0.494 e. The van der Waals surface area contributed by atoms with Crippen molar-refractivity contribution >= 4 is 34.3 Å². The van der Waals surface area contributed by atoms with Crippen molar-refractivity contribution in [1.29, 1.82) is 0 Å². The maximum absolute atomic E-state index is 12.1. The molecular weight excluding hydrogens is 344 g/mol. The van der Waals surface area contributed by atoms with Crippen LogP contribution >= 0.6 is 11.8 Å². The van der Waals surface area contributed by atoms with Crippen molar-refractivity contribution in [2.45, 2.75) is 25.3 Å². The van der Waals surface area contributed by atoms with Crippen LogP contribution in [0.25, 0.3) is 10.9 Å². The predicted octanol–water partition coefficient (Wildman–Crippen LogP) is 4.98. The third-order valence-corrected chi connectivity index (χ3v) is 5.00. The number of nitrogens with zero attached hydrogens (tertiary/aromatic N) is 1. The number of para-hydroxylation sites is 1. The average molecular weight is 366 g/mol. The number of ether oxygens (including phenoxy) is 1. The minimum absolute atomic E-state index is 0.0122. The quantitative estimate of drug-likeness (QED) is 0.625. The van der Waals surface area contributed by atoms with Crippen molar-refractivity contribution in [2.24, 2.45) is 0 Å². The van der Waals surface area contributed by atoms with Gasteiger partial charge in [0.15, 0.2) is 0 Å². The molecule has 26 heavy (non-hydrogen) atoms. The molecule has 0 atom stereocenters. The maximum atomic E-state index is 12.1. The Hall–Kier alpha value is -2.53. The number of thioether (sulfide) groups is 1. The van der Waals surface area contributed by atoms with Gasteiger partial charge >= 0.3 is 0 Å². The largest absolute Gasteiger partial charge is 0.494 e. The first-order chi connectivity index (χ1) is 12.6. The molecule has 0 fully saturated rings. The fourth-order valence-corrected chi connectivity index (χ4v) is 3.71. The summed E-state index contributed by atoms with van der Waals surface area (Å²) >= 11 is 1.58. The third kappa shape index (κ3) is 4.35. The lowest BCUT2D eigenvalue weighted by molar-refractivity contribution is -0.115. The lowest BCUT2D eigenvalue weighted by atomic mass is 10.1. The highest BCUT2D eigenvalue weighted by molar-refractivity contribution is 7.99. The highest BCUT2D eigenvalue weighted by Crippen LogP contribution is 2.29. The van der Waals surface area contributed by atoms with Crippen LogP contribution in [-0.4, -0.2) is 23.8 Å². The van der Waals surface area contributed by atoms with Gasteiger partial charge in [-0.2, -0.15) is 0 Å². The van der Waals surface area contributed by atoms with Gasteiger partial charge in [-0.15, -0.1) is 11.8 Å². The molecule has 5 heteroatoms. The molecule has 0 aliphatic heterocycles. The number of carbonyl (C=O) groups is 1. The molecule has 0 saturated carbocycles. The van der Waals surface area contributed by atoms with Gasteiger partial charge in [0.05, 0.1) is 12.1 Å². The summed E-state index contributed by atoms with van der Waals surface area (Å²) in [6.45, 7) is 4.07. The SMILES string of the molecule is COc1cccc2c(C)cc(SCCC(=O)Nc3cccc(C)c3)nc12. The second-order valence-corrected chi connectivity index (χ2v) is 7.27. The van der Waals surface area contributed by atoms with Crippen LogP contribution in [0, 0.1) is 13.8 Å². The van der Waals surface area contributed by atoms with E-state index in [9.17, 15) is 4.79 Å². The van der Waals surface area contributed by atoms with Crippen molar-refractivity contribution < 1.29 is 9.53 Å². The Bertz CT molecular complexity index is 940. The summed E-state index contributed by atoms with van der Waals surface area (Å²) in [7, 11) is 1.65. The van der Waals surface area contributed by atoms with Gasteiger partial charge in [-0.05, 0) is 49.2 Å². The van der Waals surface area contributed by atoms with Gasteiger partial charge < -0.3 is 10.1 Å². The number of methoxy groups -OCH3 is 1. The number of hydrogen-bond acceptors (Lipinski definition) is 4. The van der Waals surface area contributed by atoms with Gasteiger partial charge in [0, 0.05) is 23.2 Å². The van der Waals surface area contributed by atoms with Crippen LogP contribution in [0.5, 0.6) is 5.75 Å². The normalized spacial score (nSPS) is 10.7. The fourth-order valence-electron chi connectivity index (χ4n) is 2.79. The van der Waals surface area contributed by atoms with E-state index in [-0.39, 0.29) is 5.91 Å². The molecule has 1 N–H and O–H groups in total. The summed E-state index contributed by atoms with van der Waals surface area (Å²) < 4.78 is 5.42. The summed E-state index contributed by atoms with van der Waals surface area (Å²) in [5, 5.41) is 4.93. The predicted molar refractivity (Wildman–Crippen MR) is 108 cm³/mol. The first-order valence-electron chi connectivity index (χ1n) is 8.50. The van der Waals surface area contributed by atoms with Crippen molar-refractivity contribution in [3.05, 3.63) is 59.7 Å². The molecule has 3 rings (SSSR count). The highest BCUT2D eigenvalue weighted by Gasteiger charge is 2.09. The van der Waals surface area contributed by atoms with E-state index in [0.29, 0.717) is 12.2 Å². The molecule has 0 spiro atoms. The topological polar surface area (TPSA) is 51.2 Å². The summed E-state index contributed by atoms with van der Waals surface area (Å²) in [5.74, 6) is 1.45. The molecule has 0 saturated heterocycles. The van der Waals surface area contributed by atoms with Gasteiger partial charge in [0.2, 0.25) is 5.91 Å². The number of pyridine rings is 1. The minimum atomic E-state index is 0.0122. The Morgan fingerprint density at radius 1 is 1.15 bits per heavy atom. The molecule has 3 aromatic rings. The van der Waals surface area contributed by atoms with Crippen LogP contribution in [0.3, 0.4) is 0 Å². The second-order valence-electron chi connectivity index (χ2n) is 6.15. The fraction of sp³-hybridized carbons (Fsp3) is 0.238. The summed E-state index contributed by atoms with van der Waals surface area (Å²) in [6, 6.07) is 15.8. The van der Waals surface area contributed by atoms with Crippen molar-refractivity contribution in [1.82, 2.24) is 4.98 Å². The van der Waals surface area contributed by atoms with Crippen LogP contribution in [-0.2, 0) is 4.79 Å². The third-order valence-electron chi connectivity index (χ3n) is 4.09. The molecule has 2 aromatic carbocycles. The van der Waals surface area contributed by atoms with Crippen molar-refractivity contribution in [3.63, 3.8) is 0 Å². The monoisotopic (exact) mass is 366 g/mol. The van der Waals surface area contributed by atoms with Gasteiger partial charge in [-0.3, -0.25) is 4.79 Å². The summed E-state index contributed by atoms with van der Waals surface area (Å²) in [5.41, 5.74) is 3.98. The molecule has 4 nitrogen and oxygen atoms in total. The molecule has 134 valence electrons. The van der Waals surface area contributed by atoms with Gasteiger partial charge in [0.1, 0.15) is 11.3 Å². The zero-order chi connectivity index (χ0) is 18.5. The van der Waals surface area contributed by atoms with Crippen molar-refractivity contribution in [3.8, 4) is 5.75 Å². The average Bonchev–Trinajstić information content (AvgIpc) is 2.61. The summed E-state index contributed by atoms with van der Waals surface area (Å²) in [4.78, 5) is 16.8. The first kappa shape index (κ1) is 18.3. The number of carbonyl (C=O) groups excluding carboxylic acids is 1. The molecule has 0 bridgehead atoms. The molecular formula is C21H22N2O2S. The van der Waals surface area contributed by atoms with E-state index in [4.69, 9.17) is 9.72 Å². The molecule has 0 aliphatic rings. The van der Waals surface area contributed by atoms with Crippen LogP contribution in [0.2, 0.25) is 0 Å². The van der Waals surface area contributed by atoms with E-state index in [1.54, 1.807) is 18.9 Å². The number of fused-ring (bicyclic) bond motifs is 1. The van der Waals surface area contributed by atoms with E-state index in [0.717, 1.165) is 38.5 Å². The lowest BCUT2D eigenvalue weighted by Crippen LogP contribution is -2.12. The zero-order valence-corrected chi connectivity index (χ0v) is 16.0. The van der Waals surface area contributed by atoms with Crippen LogP contribution in [0.15, 0.2) is 53.6 Å². The Morgan fingerprint density at radius 3 is 2.73 bits per heavy atom. The number of hydrogen-bond donors (Lipinski definition) is 1. The first-order valence-corrected chi connectivity index (χ1v) is 9.49. The van der Waals surface area contributed by atoms with E-state index in [1.807, 2.05) is 49.4 Å². The maximum Gasteiger partial charge on any atom is 0.225 e. The number of aromatic nitrogens is 1. The highest BCUT2D eigenvalue weighted by atomic mass is 32.2. The van der Waals surface area contributed by atoms with Gasteiger partial charge in [-0.1, -0.05) is 24.3 Å². The van der Waals surface area contributed by atoms with E-state index in [2.05, 4.69) is 18.3 Å². The molecule has 1 aromatic heterocycles. The number of benzene rings is 2. The molecule has 1 amide bonds. The Labute approximate surface area is 158 Å². The molecule has 0 unspecified atom stereocenters. The molecule has 1 heterocycles. The zero-order valence-electron chi connectivity index (χ0n) is 15.2. The van der Waals surface area contributed by atoms with Crippen molar-refractivity contribution in [2.75, 3.05) is 18.2 Å². The van der Waals surface area contributed by atoms with Gasteiger partial charge in [0.25, 0.3) is 0 Å². The molecule has 0 radical (unpaired) electrons. The lowest BCUT2D eigenvalue weighted by Gasteiger charge is -2.10. The number of amides is 1. The van der Waals surface area contributed by atoms with E-state index >= 15 is 0 Å². The van der Waals surface area contributed by atoms with Crippen LogP contribution in [0.4, 0.5) is 5.69 Å². The Balaban J connectivity index is 1.63. The number of aryl methyl sites for hydroxylation is 2. The van der Waals surface area contributed by atoms with Crippen LogP contribution in [0.1, 0.15) is 17.5 Å². The number of rotatable bonds is 6. The molecule has 0 aliphatic carbocycles. The number of nitrogens with one attached hydrogen (secondary N) is 1. The Kier molecular flexibility index (Phi) is 5.78. The standard InChI is InChI=1S/C21H22N2O2S/c1-14-6-4-7-16(12-14)22-19(24)10-11-26-20-13-15(2)17-8-5-9-18(25-3)21(17)23-20/h4-9,12-13H,10-11H2,1-3H3,(H,22,24). The van der Waals surface area contributed by atoms with E-state index in [1.165, 1.54) is 0 Å². The number of anilines is 1. The van der Waals surface area contributed by atoms with E-state index < -0.39 is 0 Å². The summed E-state index contributed by atoms with van der Waals surface area (Å²) in [6.07, 6.45) is 0.434. The smallest absolute Gasteiger partial charge is 0.225 e. The Morgan fingerprint density at radius 2 is 1.96 bits per heavy atom. The second kappa shape index (κ2) is 8.23. The van der Waals surface area contributed by atoms with Gasteiger partial charge in [-0.25, -0.2) is 4.98 Å². The van der Waals surface area contributed by atoms with Crippen LogP contribution < -0.4 is 10.1 Å².